The Morgan fingerprint density at radius 1 is 0.393 bits per heavy atom. The van der Waals surface area contributed by atoms with E-state index in [0.29, 0.717) is 13.4 Å². The molecule has 3 heterocycles. The van der Waals surface area contributed by atoms with E-state index >= 15 is 0 Å². The number of rotatable bonds is 0. The Morgan fingerprint density at radius 3 is 1.29 bits per heavy atom. The molecule has 0 unspecified atom stereocenters. The smallest absolute Gasteiger partial charge is 0.0912 e. The van der Waals surface area contributed by atoms with Crippen molar-refractivity contribution in [2.24, 2.45) is 0 Å². The van der Waals surface area contributed by atoms with Crippen molar-refractivity contribution in [2.75, 3.05) is 0 Å². The first-order valence-electron chi connectivity index (χ1n) is 9.69. The quantitative estimate of drug-likeness (QED) is 0.365. The van der Waals surface area contributed by atoms with E-state index in [0.717, 1.165) is 0 Å². The number of hydrogen-bond donors (Lipinski definition) is 0. The van der Waals surface area contributed by atoms with Crippen LogP contribution >= 0.6 is 23.5 Å². The Hall–Kier alpha value is -2.29. The standard InChI is InChI=1S/C24H14B2S2/c1-3-11-19-15(7-1)25-17-9-5-14-22-24(17)26(16-8-2-4-12-20(16)28-22)18-10-6-13-21(27-19)23(18)25/h1-14H. The van der Waals surface area contributed by atoms with Gasteiger partial charge in [0, 0.05) is 19.6 Å². The first kappa shape index (κ1) is 15.6. The van der Waals surface area contributed by atoms with Crippen LogP contribution in [-0.4, -0.2) is 13.4 Å². The van der Waals surface area contributed by atoms with Crippen molar-refractivity contribution in [3.8, 4) is 0 Å². The van der Waals surface area contributed by atoms with E-state index in [4.69, 9.17) is 0 Å². The third kappa shape index (κ3) is 1.92. The second-order valence-corrected chi connectivity index (χ2v) is 9.83. The first-order chi connectivity index (χ1) is 13.9. The van der Waals surface area contributed by atoms with Crippen LogP contribution in [0.4, 0.5) is 0 Å². The fourth-order valence-electron chi connectivity index (χ4n) is 5.24. The molecule has 4 aromatic rings. The van der Waals surface area contributed by atoms with E-state index < -0.39 is 0 Å². The minimum atomic E-state index is 0.348. The van der Waals surface area contributed by atoms with Gasteiger partial charge in [-0.15, -0.1) is 0 Å². The topological polar surface area (TPSA) is 0 Å². The van der Waals surface area contributed by atoms with E-state index in [9.17, 15) is 0 Å². The van der Waals surface area contributed by atoms with Gasteiger partial charge >= 0.3 is 0 Å². The summed E-state index contributed by atoms with van der Waals surface area (Å²) in [7, 11) is 0. The highest BCUT2D eigenvalue weighted by molar-refractivity contribution is 8.00. The highest BCUT2D eigenvalue weighted by Crippen LogP contribution is 2.33. The maximum Gasteiger partial charge on any atom is 0.242 e. The molecule has 0 nitrogen and oxygen atoms in total. The van der Waals surface area contributed by atoms with Gasteiger partial charge in [-0.25, -0.2) is 0 Å². The summed E-state index contributed by atoms with van der Waals surface area (Å²) in [4.78, 5) is 5.65. The molecule has 128 valence electrons. The summed E-state index contributed by atoms with van der Waals surface area (Å²) in [6, 6.07) is 31.8. The zero-order chi connectivity index (χ0) is 18.2. The molecule has 4 aromatic carbocycles. The molecule has 0 amide bonds. The summed E-state index contributed by atoms with van der Waals surface area (Å²) < 4.78 is 0. The molecule has 0 fully saturated rings. The summed E-state index contributed by atoms with van der Waals surface area (Å²) in [5.41, 5.74) is 8.98. The molecule has 0 aromatic heterocycles. The van der Waals surface area contributed by atoms with Gasteiger partial charge in [-0.1, -0.05) is 117 Å². The molecular formula is C24H14B2S2. The van der Waals surface area contributed by atoms with E-state index in [1.165, 1.54) is 52.4 Å². The molecule has 0 N–H and O–H groups in total. The molecule has 0 saturated carbocycles. The Labute approximate surface area is 173 Å². The Morgan fingerprint density at radius 2 is 0.786 bits per heavy atom. The molecule has 0 radical (unpaired) electrons. The molecule has 0 aliphatic carbocycles. The third-order valence-corrected chi connectivity index (χ3v) is 8.63. The third-order valence-electron chi connectivity index (χ3n) is 6.30. The van der Waals surface area contributed by atoms with E-state index in [-0.39, 0.29) is 0 Å². The molecule has 4 heteroatoms. The first-order valence-corrected chi connectivity index (χ1v) is 11.3. The van der Waals surface area contributed by atoms with Crippen molar-refractivity contribution >= 4 is 69.7 Å². The Balaban J connectivity index is 1.62. The largest absolute Gasteiger partial charge is 0.242 e. The van der Waals surface area contributed by atoms with Gasteiger partial charge in [-0.05, 0) is 24.3 Å². The molecule has 3 aliphatic heterocycles. The zero-order valence-electron chi connectivity index (χ0n) is 15.1. The van der Waals surface area contributed by atoms with Crippen LogP contribution in [0.1, 0.15) is 0 Å². The van der Waals surface area contributed by atoms with Gasteiger partial charge < -0.3 is 0 Å². The van der Waals surface area contributed by atoms with Gasteiger partial charge in [0.15, 0.2) is 0 Å². The molecule has 0 atom stereocenters. The van der Waals surface area contributed by atoms with E-state index in [1.807, 2.05) is 23.5 Å². The lowest BCUT2D eigenvalue weighted by Crippen LogP contribution is -2.77. The summed E-state index contributed by atoms with van der Waals surface area (Å²) >= 11 is 3.87. The van der Waals surface area contributed by atoms with Crippen LogP contribution in [-0.2, 0) is 0 Å². The predicted molar refractivity (Wildman–Crippen MR) is 123 cm³/mol. The minimum Gasteiger partial charge on any atom is -0.0912 e. The van der Waals surface area contributed by atoms with Gasteiger partial charge in [-0.3, -0.25) is 0 Å². The normalized spacial score (nSPS) is 14.7. The highest BCUT2D eigenvalue weighted by Gasteiger charge is 2.45. The highest BCUT2D eigenvalue weighted by atomic mass is 32.2. The van der Waals surface area contributed by atoms with Gasteiger partial charge in [0.1, 0.15) is 0 Å². The van der Waals surface area contributed by atoms with Gasteiger partial charge in [-0.2, -0.15) is 0 Å². The van der Waals surface area contributed by atoms with Crippen LogP contribution < -0.4 is 32.8 Å². The molecule has 0 bridgehead atoms. The lowest BCUT2D eigenvalue weighted by Gasteiger charge is -2.39. The summed E-state index contributed by atoms with van der Waals surface area (Å²) in [6.45, 7) is 0.696. The van der Waals surface area contributed by atoms with Crippen molar-refractivity contribution in [1.29, 1.82) is 0 Å². The van der Waals surface area contributed by atoms with Crippen LogP contribution in [0.5, 0.6) is 0 Å². The lowest BCUT2D eigenvalue weighted by atomic mass is 9.21. The molecule has 28 heavy (non-hydrogen) atoms. The van der Waals surface area contributed by atoms with Gasteiger partial charge in [0.25, 0.3) is 0 Å². The summed E-state index contributed by atoms with van der Waals surface area (Å²) in [6.07, 6.45) is 0. The number of fused-ring (bicyclic) bond motifs is 6. The van der Waals surface area contributed by atoms with Gasteiger partial charge in [0.05, 0.1) is 0 Å². The lowest BCUT2D eigenvalue weighted by molar-refractivity contribution is 1.41. The van der Waals surface area contributed by atoms with Crippen LogP contribution in [0.15, 0.2) is 105 Å². The van der Waals surface area contributed by atoms with Crippen molar-refractivity contribution in [2.45, 2.75) is 19.6 Å². The van der Waals surface area contributed by atoms with Crippen molar-refractivity contribution < 1.29 is 0 Å². The molecule has 3 aliphatic rings. The maximum atomic E-state index is 2.37. The van der Waals surface area contributed by atoms with Gasteiger partial charge in [0.2, 0.25) is 13.4 Å². The SMILES string of the molecule is c1ccc2c(c1)Sc1cccc3c1B2c1cccc2c1B3c1ccccc1S2. The average molecular weight is 388 g/mol. The molecule has 0 saturated heterocycles. The van der Waals surface area contributed by atoms with Crippen LogP contribution in [0, 0.1) is 0 Å². The van der Waals surface area contributed by atoms with Crippen molar-refractivity contribution in [1.82, 2.24) is 0 Å². The van der Waals surface area contributed by atoms with E-state index in [2.05, 4.69) is 84.9 Å². The van der Waals surface area contributed by atoms with Crippen LogP contribution in [0.3, 0.4) is 0 Å². The number of benzene rings is 4. The maximum absolute atomic E-state index is 2.37. The molecular weight excluding hydrogens is 374 g/mol. The van der Waals surface area contributed by atoms with Crippen molar-refractivity contribution in [3.05, 3.63) is 84.9 Å². The van der Waals surface area contributed by atoms with E-state index in [1.54, 1.807) is 0 Å². The Bertz CT molecular complexity index is 1200. The number of hydrogen-bond acceptors (Lipinski definition) is 2. The monoisotopic (exact) mass is 388 g/mol. The summed E-state index contributed by atoms with van der Waals surface area (Å²) in [5.74, 6) is 0. The molecule has 7 rings (SSSR count). The zero-order valence-corrected chi connectivity index (χ0v) is 16.7. The molecule has 0 spiro atoms. The second-order valence-electron chi connectivity index (χ2n) is 7.66. The van der Waals surface area contributed by atoms with Crippen LogP contribution in [0.25, 0.3) is 0 Å². The summed E-state index contributed by atoms with van der Waals surface area (Å²) in [5, 5.41) is 0. The second kappa shape index (κ2) is 5.62. The average Bonchev–Trinajstić information content (AvgIpc) is 2.75. The Kier molecular flexibility index (Phi) is 3.13. The fourth-order valence-corrected chi connectivity index (χ4v) is 7.60. The predicted octanol–water partition coefficient (Wildman–Crippen LogP) is 1.96. The van der Waals surface area contributed by atoms with Crippen LogP contribution in [0.2, 0.25) is 0 Å². The minimum absolute atomic E-state index is 0.348. The fraction of sp³-hybridized carbons (Fsp3) is 0. The van der Waals surface area contributed by atoms with Crippen molar-refractivity contribution in [3.63, 3.8) is 0 Å².